The maximum Gasteiger partial charge on any atom is 0.339 e. The van der Waals surface area contributed by atoms with Crippen LogP contribution in [0, 0.1) is 17.1 Å². The lowest BCUT2D eigenvalue weighted by Gasteiger charge is -2.10. The molecule has 2 rings (SSSR count). The monoisotopic (exact) mass is 335 g/mol. The Hall–Kier alpha value is -2.39. The van der Waals surface area contributed by atoms with Crippen molar-refractivity contribution < 1.29 is 19.0 Å². The molecule has 2 aromatic rings. The number of rotatable bonds is 3. The second-order valence-electron chi connectivity index (χ2n) is 3.80. The molecular weight excluding hydrogens is 329 g/mol. The summed E-state index contributed by atoms with van der Waals surface area (Å²) in [6.07, 6.45) is 0. The topological polar surface area (TPSA) is 70.3 Å². The lowest BCUT2D eigenvalue weighted by Crippen LogP contribution is -2.01. The second kappa shape index (κ2) is 5.72. The first-order chi connectivity index (χ1) is 9.51. The summed E-state index contributed by atoms with van der Waals surface area (Å²) in [6, 6.07) is 9.82. The summed E-state index contributed by atoms with van der Waals surface area (Å²) in [4.78, 5) is 11.1. The lowest BCUT2D eigenvalue weighted by molar-refractivity contribution is 0.0693. The molecule has 0 saturated carbocycles. The lowest BCUT2D eigenvalue weighted by atomic mass is 10.2. The number of aromatic carboxylic acids is 1. The van der Waals surface area contributed by atoms with Crippen molar-refractivity contribution in [1.82, 2.24) is 0 Å². The van der Waals surface area contributed by atoms with Gasteiger partial charge in [-0.2, -0.15) is 5.26 Å². The minimum absolute atomic E-state index is 0.0299. The third kappa shape index (κ3) is 2.95. The van der Waals surface area contributed by atoms with E-state index in [-0.39, 0.29) is 22.6 Å². The molecule has 0 fully saturated rings. The number of carboxylic acid groups (broad SMARTS) is 1. The molecule has 0 aliphatic heterocycles. The maximum absolute atomic E-state index is 13.1. The largest absolute Gasteiger partial charge is 0.478 e. The molecule has 0 bridgehead atoms. The van der Waals surface area contributed by atoms with Crippen molar-refractivity contribution in [2.75, 3.05) is 0 Å². The molecule has 0 amide bonds. The van der Waals surface area contributed by atoms with Crippen molar-refractivity contribution in [3.63, 3.8) is 0 Å². The first-order valence-corrected chi connectivity index (χ1v) is 6.21. The molecule has 4 nitrogen and oxygen atoms in total. The van der Waals surface area contributed by atoms with Crippen molar-refractivity contribution >= 4 is 21.9 Å². The van der Waals surface area contributed by atoms with Crippen LogP contribution in [0.1, 0.15) is 15.9 Å². The summed E-state index contributed by atoms with van der Waals surface area (Å²) in [5.74, 6) is -1.82. The third-order valence-corrected chi connectivity index (χ3v) is 2.95. The van der Waals surface area contributed by atoms with Gasteiger partial charge in [0.2, 0.25) is 0 Å². The van der Waals surface area contributed by atoms with E-state index in [0.717, 1.165) is 12.1 Å². The fraction of sp³-hybridized carbons (Fsp3) is 0. The van der Waals surface area contributed by atoms with E-state index in [9.17, 15) is 9.18 Å². The van der Waals surface area contributed by atoms with Crippen molar-refractivity contribution in [2.45, 2.75) is 0 Å². The molecular formula is C14H7BrFNO3. The molecule has 0 spiro atoms. The van der Waals surface area contributed by atoms with E-state index >= 15 is 0 Å². The Labute approximate surface area is 122 Å². The van der Waals surface area contributed by atoms with Gasteiger partial charge in [0.15, 0.2) is 0 Å². The van der Waals surface area contributed by atoms with Gasteiger partial charge < -0.3 is 9.84 Å². The van der Waals surface area contributed by atoms with E-state index in [1.807, 2.05) is 6.07 Å². The second-order valence-corrected chi connectivity index (χ2v) is 4.72. The molecule has 0 saturated heterocycles. The molecule has 1 N–H and O–H groups in total. The first kappa shape index (κ1) is 14.0. The standard InChI is InChI=1S/C14H7BrFNO3/c15-9-1-3-12(8(5-9)7-17)20-13-4-2-10(16)6-11(13)14(18)19/h1-6H,(H,18,19). The van der Waals surface area contributed by atoms with Gasteiger partial charge >= 0.3 is 5.97 Å². The number of halogens is 2. The normalized spacial score (nSPS) is 9.85. The van der Waals surface area contributed by atoms with Gasteiger partial charge in [0.05, 0.1) is 5.56 Å². The van der Waals surface area contributed by atoms with Crippen molar-refractivity contribution in [3.8, 4) is 17.6 Å². The molecule has 0 radical (unpaired) electrons. The zero-order valence-corrected chi connectivity index (χ0v) is 11.5. The molecule has 100 valence electrons. The Morgan fingerprint density at radius 1 is 1.25 bits per heavy atom. The van der Waals surface area contributed by atoms with Crippen LogP contribution in [0.25, 0.3) is 0 Å². The number of nitrogens with zero attached hydrogens (tertiary/aromatic N) is 1. The van der Waals surface area contributed by atoms with E-state index in [1.165, 1.54) is 12.1 Å². The average Bonchev–Trinajstić information content (AvgIpc) is 2.42. The smallest absolute Gasteiger partial charge is 0.339 e. The summed E-state index contributed by atoms with van der Waals surface area (Å²) >= 11 is 3.22. The van der Waals surface area contributed by atoms with Gasteiger partial charge in [-0.05, 0) is 36.4 Å². The highest BCUT2D eigenvalue weighted by Crippen LogP contribution is 2.30. The quantitative estimate of drug-likeness (QED) is 0.921. The minimum atomic E-state index is -1.31. The van der Waals surface area contributed by atoms with Gasteiger partial charge in [-0.3, -0.25) is 0 Å². The molecule has 0 unspecified atom stereocenters. The average molecular weight is 336 g/mol. The maximum atomic E-state index is 13.1. The number of carbonyl (C=O) groups is 1. The fourth-order valence-electron chi connectivity index (χ4n) is 1.56. The number of benzene rings is 2. The van der Waals surface area contributed by atoms with Crippen LogP contribution >= 0.6 is 15.9 Å². The third-order valence-electron chi connectivity index (χ3n) is 2.45. The molecule has 0 aliphatic carbocycles. The summed E-state index contributed by atoms with van der Waals surface area (Å²) in [6.45, 7) is 0. The first-order valence-electron chi connectivity index (χ1n) is 5.41. The van der Waals surface area contributed by atoms with Gasteiger partial charge in [0.25, 0.3) is 0 Å². The van der Waals surface area contributed by atoms with Crippen molar-refractivity contribution in [1.29, 1.82) is 5.26 Å². The van der Waals surface area contributed by atoms with Crippen LogP contribution in [-0.2, 0) is 0 Å². The van der Waals surface area contributed by atoms with E-state index in [2.05, 4.69) is 15.9 Å². The van der Waals surface area contributed by atoms with Crippen LogP contribution in [0.15, 0.2) is 40.9 Å². The number of hydrogen-bond donors (Lipinski definition) is 1. The van der Waals surface area contributed by atoms with Crippen molar-refractivity contribution in [3.05, 3.63) is 57.8 Å². The van der Waals surface area contributed by atoms with Gasteiger partial charge in [-0.15, -0.1) is 0 Å². The van der Waals surface area contributed by atoms with E-state index in [0.29, 0.717) is 4.47 Å². The van der Waals surface area contributed by atoms with Crippen molar-refractivity contribution in [2.24, 2.45) is 0 Å². The van der Waals surface area contributed by atoms with Gasteiger partial charge in [0, 0.05) is 4.47 Å². The highest BCUT2D eigenvalue weighted by Gasteiger charge is 2.15. The van der Waals surface area contributed by atoms with Crippen LogP contribution in [-0.4, -0.2) is 11.1 Å². The summed E-state index contributed by atoms with van der Waals surface area (Å²) in [5.41, 5.74) is -0.0724. The molecule has 0 atom stereocenters. The molecule has 0 heterocycles. The predicted molar refractivity (Wildman–Crippen MR) is 72.3 cm³/mol. The number of carboxylic acids is 1. The highest BCUT2D eigenvalue weighted by molar-refractivity contribution is 9.10. The summed E-state index contributed by atoms with van der Waals surface area (Å²) < 4.78 is 19.2. The SMILES string of the molecule is N#Cc1cc(Br)ccc1Oc1ccc(F)cc1C(=O)O. The van der Waals surface area contributed by atoms with Crippen LogP contribution in [0.2, 0.25) is 0 Å². The molecule has 2 aromatic carbocycles. The molecule has 6 heteroatoms. The predicted octanol–water partition coefficient (Wildman–Crippen LogP) is 3.95. The van der Waals surface area contributed by atoms with E-state index in [1.54, 1.807) is 12.1 Å². The molecule has 20 heavy (non-hydrogen) atoms. The van der Waals surface area contributed by atoms with Crippen LogP contribution in [0.5, 0.6) is 11.5 Å². The minimum Gasteiger partial charge on any atom is -0.478 e. The van der Waals surface area contributed by atoms with Gasteiger partial charge in [0.1, 0.15) is 28.9 Å². The highest BCUT2D eigenvalue weighted by atomic mass is 79.9. The Morgan fingerprint density at radius 2 is 1.95 bits per heavy atom. The van der Waals surface area contributed by atoms with Gasteiger partial charge in [-0.25, -0.2) is 9.18 Å². The molecule has 0 aliphatic rings. The zero-order chi connectivity index (χ0) is 14.7. The number of ether oxygens (including phenoxy) is 1. The van der Waals surface area contributed by atoms with Crippen LogP contribution in [0.3, 0.4) is 0 Å². The summed E-state index contributed by atoms with van der Waals surface area (Å²) in [7, 11) is 0. The zero-order valence-electron chi connectivity index (χ0n) is 9.93. The Bertz CT molecular complexity index is 725. The fourth-order valence-corrected chi connectivity index (χ4v) is 1.92. The van der Waals surface area contributed by atoms with E-state index < -0.39 is 11.8 Å². The number of nitriles is 1. The number of hydrogen-bond acceptors (Lipinski definition) is 3. The Kier molecular flexibility index (Phi) is 4.01. The van der Waals surface area contributed by atoms with Crippen LogP contribution < -0.4 is 4.74 Å². The Balaban J connectivity index is 2.45. The molecule has 0 aromatic heterocycles. The summed E-state index contributed by atoms with van der Waals surface area (Å²) in [5, 5.41) is 18.0. The Morgan fingerprint density at radius 3 is 2.60 bits per heavy atom. The van der Waals surface area contributed by atoms with Gasteiger partial charge in [-0.1, -0.05) is 15.9 Å². The van der Waals surface area contributed by atoms with E-state index in [4.69, 9.17) is 15.1 Å². The van der Waals surface area contributed by atoms with Crippen LogP contribution in [0.4, 0.5) is 4.39 Å².